The van der Waals surface area contributed by atoms with Gasteiger partial charge in [-0.1, -0.05) is 6.07 Å². The third-order valence-corrected chi connectivity index (χ3v) is 5.78. The van der Waals surface area contributed by atoms with E-state index in [-0.39, 0.29) is 11.3 Å². The van der Waals surface area contributed by atoms with Crippen LogP contribution in [0, 0.1) is 5.41 Å². The molecule has 0 bridgehead atoms. The first-order valence-electron chi connectivity index (χ1n) is 10.1. The van der Waals surface area contributed by atoms with Gasteiger partial charge in [0.15, 0.2) is 0 Å². The summed E-state index contributed by atoms with van der Waals surface area (Å²) in [7, 11) is 1.75. The number of anilines is 1. The molecule has 0 unspecified atom stereocenters. The van der Waals surface area contributed by atoms with Gasteiger partial charge in [0.1, 0.15) is 5.82 Å². The molecule has 3 heterocycles. The molecule has 0 aliphatic carbocycles. The molecule has 0 spiro atoms. The van der Waals surface area contributed by atoms with Crippen molar-refractivity contribution in [3.63, 3.8) is 0 Å². The number of piperazine rings is 1. The minimum absolute atomic E-state index is 0.0873. The summed E-state index contributed by atoms with van der Waals surface area (Å²) in [5, 5.41) is 6.54. The largest absolute Gasteiger partial charge is 0.384 e. The molecule has 2 N–H and O–H groups in total. The van der Waals surface area contributed by atoms with Gasteiger partial charge in [-0.05, 0) is 38.1 Å². The molecule has 2 aliphatic rings. The number of aromatic nitrogens is 1. The smallest absolute Gasteiger partial charge is 0.221 e. The number of nitrogens with one attached hydrogen (secondary N) is 2. The molecule has 150 valence electrons. The van der Waals surface area contributed by atoms with Crippen molar-refractivity contribution in [3.8, 4) is 0 Å². The second kappa shape index (κ2) is 10.0. The zero-order chi connectivity index (χ0) is 19.0. The Labute approximate surface area is 162 Å². The maximum atomic E-state index is 12.3. The normalized spacial score (nSPS) is 20.4. The van der Waals surface area contributed by atoms with Crippen LogP contribution < -0.4 is 15.5 Å². The lowest BCUT2D eigenvalue weighted by molar-refractivity contribution is -0.122. The van der Waals surface area contributed by atoms with Crippen molar-refractivity contribution in [2.75, 3.05) is 71.0 Å². The van der Waals surface area contributed by atoms with Gasteiger partial charge >= 0.3 is 0 Å². The molecule has 3 rings (SSSR count). The highest BCUT2D eigenvalue weighted by Crippen LogP contribution is 2.28. The van der Waals surface area contributed by atoms with E-state index in [0.717, 1.165) is 71.0 Å². The summed E-state index contributed by atoms with van der Waals surface area (Å²) < 4.78 is 5.42. The molecule has 2 fully saturated rings. The monoisotopic (exact) mass is 375 g/mol. The second-order valence-electron chi connectivity index (χ2n) is 7.73. The lowest BCUT2D eigenvalue weighted by Crippen LogP contribution is -2.49. The van der Waals surface area contributed by atoms with E-state index in [1.807, 2.05) is 18.3 Å². The predicted molar refractivity (Wildman–Crippen MR) is 107 cm³/mol. The zero-order valence-corrected chi connectivity index (χ0v) is 16.5. The molecular formula is C20H33N5O2. The van der Waals surface area contributed by atoms with Gasteiger partial charge in [-0.25, -0.2) is 4.98 Å². The number of rotatable bonds is 8. The van der Waals surface area contributed by atoms with Gasteiger partial charge in [0, 0.05) is 64.4 Å². The van der Waals surface area contributed by atoms with Crippen molar-refractivity contribution in [2.45, 2.75) is 19.3 Å². The molecule has 0 aromatic carbocycles. The van der Waals surface area contributed by atoms with Crippen molar-refractivity contribution in [3.05, 3.63) is 24.4 Å². The molecule has 0 radical (unpaired) electrons. The van der Waals surface area contributed by atoms with E-state index in [4.69, 9.17) is 4.74 Å². The summed E-state index contributed by atoms with van der Waals surface area (Å²) in [5.41, 5.74) is 0.0873. The number of nitrogens with zero attached hydrogens (tertiary/aromatic N) is 3. The van der Waals surface area contributed by atoms with Crippen LogP contribution in [0.5, 0.6) is 0 Å². The Morgan fingerprint density at radius 2 is 2.04 bits per heavy atom. The molecule has 0 saturated carbocycles. The van der Waals surface area contributed by atoms with Crippen LogP contribution in [-0.4, -0.2) is 81.9 Å². The van der Waals surface area contributed by atoms with E-state index in [9.17, 15) is 4.79 Å². The fourth-order valence-corrected chi connectivity index (χ4v) is 4.01. The van der Waals surface area contributed by atoms with Gasteiger partial charge in [0.2, 0.25) is 5.91 Å². The van der Waals surface area contributed by atoms with Gasteiger partial charge in [0.05, 0.1) is 6.61 Å². The molecule has 0 atom stereocenters. The molecule has 7 nitrogen and oxygen atoms in total. The topological polar surface area (TPSA) is 69.7 Å². The maximum Gasteiger partial charge on any atom is 0.221 e. The van der Waals surface area contributed by atoms with Gasteiger partial charge in [-0.3, -0.25) is 9.69 Å². The number of carbonyl (C=O) groups is 1. The predicted octanol–water partition coefficient (Wildman–Crippen LogP) is 0.726. The molecule has 1 aromatic rings. The van der Waals surface area contributed by atoms with E-state index in [2.05, 4.69) is 31.5 Å². The van der Waals surface area contributed by atoms with Crippen LogP contribution in [0.1, 0.15) is 19.3 Å². The Kier molecular flexibility index (Phi) is 7.43. The van der Waals surface area contributed by atoms with Crippen LogP contribution in [0.3, 0.4) is 0 Å². The van der Waals surface area contributed by atoms with Crippen molar-refractivity contribution in [1.29, 1.82) is 0 Å². The first kappa shape index (κ1) is 20.0. The van der Waals surface area contributed by atoms with Gasteiger partial charge in [-0.2, -0.15) is 0 Å². The number of pyridine rings is 1. The highest BCUT2D eigenvalue weighted by atomic mass is 16.5. The van der Waals surface area contributed by atoms with Crippen LogP contribution in [0.15, 0.2) is 24.4 Å². The average molecular weight is 376 g/mol. The Morgan fingerprint density at radius 3 is 2.70 bits per heavy atom. The second-order valence-corrected chi connectivity index (χ2v) is 7.73. The lowest BCUT2D eigenvalue weighted by atomic mass is 9.79. The number of methoxy groups -OCH3 is 1. The van der Waals surface area contributed by atoms with Gasteiger partial charge in [0.25, 0.3) is 0 Å². The van der Waals surface area contributed by atoms with E-state index >= 15 is 0 Å². The number of amides is 1. The number of hydrogen-bond acceptors (Lipinski definition) is 6. The summed E-state index contributed by atoms with van der Waals surface area (Å²) in [6, 6.07) is 6.02. The fourth-order valence-electron chi connectivity index (χ4n) is 4.01. The maximum absolute atomic E-state index is 12.3. The number of piperidine rings is 1. The zero-order valence-electron chi connectivity index (χ0n) is 16.5. The Bertz CT molecular complexity index is 563. The Hall–Kier alpha value is -1.70. The summed E-state index contributed by atoms with van der Waals surface area (Å²) in [6.07, 6.45) is 4.50. The van der Waals surface area contributed by atoms with Crippen LogP contribution in [0.25, 0.3) is 0 Å². The molecule has 2 aliphatic heterocycles. The first-order valence-corrected chi connectivity index (χ1v) is 10.1. The van der Waals surface area contributed by atoms with Gasteiger partial charge < -0.3 is 20.3 Å². The number of carbonyl (C=O) groups excluding carboxylic acids is 1. The quantitative estimate of drug-likeness (QED) is 0.698. The molecule has 27 heavy (non-hydrogen) atoms. The number of hydrogen-bond donors (Lipinski definition) is 2. The van der Waals surface area contributed by atoms with Crippen molar-refractivity contribution >= 4 is 11.7 Å². The highest BCUT2D eigenvalue weighted by Gasteiger charge is 2.32. The Balaban J connectivity index is 1.36. The van der Waals surface area contributed by atoms with Crippen molar-refractivity contribution in [2.24, 2.45) is 5.41 Å². The fraction of sp³-hybridized carbons (Fsp3) is 0.700. The molecule has 2 saturated heterocycles. The third-order valence-electron chi connectivity index (χ3n) is 5.78. The van der Waals surface area contributed by atoms with Crippen molar-refractivity contribution in [1.82, 2.24) is 20.5 Å². The lowest BCUT2D eigenvalue weighted by Gasteiger charge is -2.37. The molecule has 7 heteroatoms. The van der Waals surface area contributed by atoms with E-state index in [1.54, 1.807) is 7.11 Å². The standard InChI is InChI=1S/C20H33N5O2/c1-27-17-20(6-9-21-10-7-20)16-23-19(26)5-11-24-12-14-25(15-13-24)18-4-2-3-8-22-18/h2-4,8,21H,5-7,9-17H2,1H3,(H,23,26). The van der Waals surface area contributed by atoms with Crippen LogP contribution >= 0.6 is 0 Å². The summed E-state index contributed by atoms with van der Waals surface area (Å²) in [6.45, 7) is 8.12. The summed E-state index contributed by atoms with van der Waals surface area (Å²) in [5.74, 6) is 1.19. The first-order chi connectivity index (χ1) is 13.2. The van der Waals surface area contributed by atoms with E-state index in [1.165, 1.54) is 0 Å². The molecule has 1 amide bonds. The minimum atomic E-state index is 0.0873. The minimum Gasteiger partial charge on any atom is -0.384 e. The van der Waals surface area contributed by atoms with Crippen LogP contribution in [0.4, 0.5) is 5.82 Å². The van der Waals surface area contributed by atoms with Gasteiger partial charge in [-0.15, -0.1) is 0 Å². The summed E-state index contributed by atoms with van der Waals surface area (Å²) in [4.78, 5) is 21.4. The number of ether oxygens (including phenoxy) is 1. The van der Waals surface area contributed by atoms with E-state index in [0.29, 0.717) is 13.0 Å². The SMILES string of the molecule is COCC1(CNC(=O)CCN2CCN(c3ccccn3)CC2)CCNCC1. The third kappa shape index (κ3) is 5.89. The highest BCUT2D eigenvalue weighted by molar-refractivity contribution is 5.76. The molecule has 1 aromatic heterocycles. The van der Waals surface area contributed by atoms with Crippen LogP contribution in [-0.2, 0) is 9.53 Å². The van der Waals surface area contributed by atoms with Crippen LogP contribution in [0.2, 0.25) is 0 Å². The van der Waals surface area contributed by atoms with E-state index < -0.39 is 0 Å². The Morgan fingerprint density at radius 1 is 1.26 bits per heavy atom. The summed E-state index contributed by atoms with van der Waals surface area (Å²) >= 11 is 0. The molecular weight excluding hydrogens is 342 g/mol. The average Bonchev–Trinajstić information content (AvgIpc) is 2.73. The van der Waals surface area contributed by atoms with Crippen molar-refractivity contribution < 1.29 is 9.53 Å².